The Hall–Kier alpha value is -3.19. The summed E-state index contributed by atoms with van der Waals surface area (Å²) in [5, 5.41) is 11.0. The van der Waals surface area contributed by atoms with Crippen LogP contribution in [0.25, 0.3) is 5.76 Å². The zero-order chi connectivity index (χ0) is 22.0. The number of likely N-dealkylation sites (tertiary alicyclic amines) is 1. The molecule has 0 bridgehead atoms. The summed E-state index contributed by atoms with van der Waals surface area (Å²) in [5.74, 6) is -1.65. The number of benzene rings is 2. The van der Waals surface area contributed by atoms with Crippen LogP contribution in [0.3, 0.4) is 0 Å². The van der Waals surface area contributed by atoms with Gasteiger partial charge in [0, 0.05) is 18.7 Å². The molecular formula is C24H24FNO5. The molecule has 1 N–H and O–H groups in total. The van der Waals surface area contributed by atoms with Gasteiger partial charge in [0.25, 0.3) is 11.7 Å². The third-order valence-corrected chi connectivity index (χ3v) is 5.57. The average Bonchev–Trinajstić information content (AvgIpc) is 3.37. The molecule has 0 radical (unpaired) electrons. The van der Waals surface area contributed by atoms with Crippen molar-refractivity contribution in [1.29, 1.82) is 0 Å². The highest BCUT2D eigenvalue weighted by Crippen LogP contribution is 2.40. The van der Waals surface area contributed by atoms with Gasteiger partial charge in [-0.15, -0.1) is 0 Å². The van der Waals surface area contributed by atoms with Crippen LogP contribution in [0.1, 0.15) is 36.9 Å². The minimum Gasteiger partial charge on any atom is -0.507 e. The smallest absolute Gasteiger partial charge is 0.295 e. The van der Waals surface area contributed by atoms with Gasteiger partial charge in [0.15, 0.2) is 0 Å². The topological polar surface area (TPSA) is 76.1 Å². The molecule has 162 valence electrons. The number of ketones is 1. The Labute approximate surface area is 179 Å². The number of carbonyl (C=O) groups excluding carboxylic acids is 2. The number of aliphatic hydroxyl groups excluding tert-OH is 1. The molecule has 2 unspecified atom stereocenters. The number of ether oxygens (including phenoxy) is 2. The summed E-state index contributed by atoms with van der Waals surface area (Å²) in [7, 11) is 0. The minimum absolute atomic E-state index is 0.0248. The minimum atomic E-state index is -0.797. The number of carbonyl (C=O) groups is 2. The molecule has 2 aliphatic rings. The van der Waals surface area contributed by atoms with Crippen molar-refractivity contribution >= 4 is 17.4 Å². The second-order valence-corrected chi connectivity index (χ2v) is 7.60. The van der Waals surface area contributed by atoms with Gasteiger partial charge >= 0.3 is 0 Å². The number of aliphatic hydroxyl groups is 1. The summed E-state index contributed by atoms with van der Waals surface area (Å²) in [4.78, 5) is 27.4. The first-order chi connectivity index (χ1) is 15.0. The lowest BCUT2D eigenvalue weighted by atomic mass is 9.95. The molecule has 2 saturated heterocycles. The first-order valence-electron chi connectivity index (χ1n) is 10.4. The summed E-state index contributed by atoms with van der Waals surface area (Å²) in [5.41, 5.74) is 0.887. The fraction of sp³-hybridized carbons (Fsp3) is 0.333. The SMILES string of the molecule is CCOc1cccc(C2/C(=C(/O)c3ccc(F)cc3)C(=O)C(=O)N2CC2CCCO2)c1. The summed E-state index contributed by atoms with van der Waals surface area (Å²) < 4.78 is 24.6. The molecule has 2 heterocycles. The second kappa shape index (κ2) is 8.89. The maximum Gasteiger partial charge on any atom is 0.295 e. The van der Waals surface area contributed by atoms with Gasteiger partial charge in [0.1, 0.15) is 17.3 Å². The molecule has 0 spiro atoms. The lowest BCUT2D eigenvalue weighted by Gasteiger charge is -2.27. The van der Waals surface area contributed by atoms with E-state index in [4.69, 9.17) is 9.47 Å². The van der Waals surface area contributed by atoms with Crippen molar-refractivity contribution in [2.45, 2.75) is 31.9 Å². The van der Waals surface area contributed by atoms with Crippen LogP contribution in [-0.2, 0) is 14.3 Å². The third kappa shape index (κ3) is 4.18. The van der Waals surface area contributed by atoms with Gasteiger partial charge in [-0.1, -0.05) is 12.1 Å². The molecule has 31 heavy (non-hydrogen) atoms. The molecule has 0 saturated carbocycles. The van der Waals surface area contributed by atoms with E-state index in [-0.39, 0.29) is 29.5 Å². The molecule has 2 aromatic carbocycles. The zero-order valence-electron chi connectivity index (χ0n) is 17.2. The Morgan fingerprint density at radius 1 is 1.23 bits per heavy atom. The molecular weight excluding hydrogens is 401 g/mol. The zero-order valence-corrected chi connectivity index (χ0v) is 17.2. The highest BCUT2D eigenvalue weighted by molar-refractivity contribution is 6.46. The molecule has 0 aromatic heterocycles. The van der Waals surface area contributed by atoms with E-state index in [0.29, 0.717) is 24.5 Å². The molecule has 0 aliphatic carbocycles. The molecule has 2 atom stereocenters. The fourth-order valence-electron chi connectivity index (χ4n) is 4.13. The van der Waals surface area contributed by atoms with E-state index in [9.17, 15) is 19.1 Å². The van der Waals surface area contributed by atoms with E-state index < -0.39 is 23.5 Å². The maximum atomic E-state index is 13.4. The maximum absolute atomic E-state index is 13.4. The van der Waals surface area contributed by atoms with Crippen LogP contribution in [-0.4, -0.2) is 47.6 Å². The van der Waals surface area contributed by atoms with Gasteiger partial charge in [0.05, 0.1) is 24.3 Å². The van der Waals surface area contributed by atoms with Gasteiger partial charge in [-0.25, -0.2) is 4.39 Å². The van der Waals surface area contributed by atoms with Gasteiger partial charge < -0.3 is 19.5 Å². The van der Waals surface area contributed by atoms with Crippen molar-refractivity contribution < 1.29 is 28.6 Å². The van der Waals surface area contributed by atoms with Crippen molar-refractivity contribution in [1.82, 2.24) is 4.90 Å². The Morgan fingerprint density at radius 2 is 2.00 bits per heavy atom. The number of amides is 1. The summed E-state index contributed by atoms with van der Waals surface area (Å²) in [6.07, 6.45) is 1.53. The average molecular weight is 425 g/mol. The van der Waals surface area contributed by atoms with Gasteiger partial charge in [0.2, 0.25) is 0 Å². The van der Waals surface area contributed by atoms with Crippen molar-refractivity contribution in [3.63, 3.8) is 0 Å². The molecule has 6 nitrogen and oxygen atoms in total. The van der Waals surface area contributed by atoms with Crippen LogP contribution in [0.4, 0.5) is 4.39 Å². The van der Waals surface area contributed by atoms with Gasteiger partial charge in [-0.3, -0.25) is 9.59 Å². The predicted octanol–water partition coefficient (Wildman–Crippen LogP) is 3.83. The monoisotopic (exact) mass is 425 g/mol. The Morgan fingerprint density at radius 3 is 2.68 bits per heavy atom. The third-order valence-electron chi connectivity index (χ3n) is 5.57. The van der Waals surface area contributed by atoms with Gasteiger partial charge in [-0.05, 0) is 61.7 Å². The summed E-state index contributed by atoms with van der Waals surface area (Å²) in [6, 6.07) is 11.5. The van der Waals surface area contributed by atoms with Crippen LogP contribution < -0.4 is 4.74 Å². The van der Waals surface area contributed by atoms with E-state index in [1.807, 2.05) is 6.92 Å². The van der Waals surface area contributed by atoms with Crippen LogP contribution in [0.5, 0.6) is 5.75 Å². The molecule has 1 amide bonds. The van der Waals surface area contributed by atoms with E-state index in [0.717, 1.165) is 12.8 Å². The van der Waals surface area contributed by atoms with Crippen LogP contribution in [0, 0.1) is 5.82 Å². The number of Topliss-reactive ketones (excluding diaryl/α,β-unsaturated/α-hetero) is 1. The number of rotatable bonds is 6. The van der Waals surface area contributed by atoms with Crippen LogP contribution >= 0.6 is 0 Å². The van der Waals surface area contributed by atoms with E-state index in [1.165, 1.54) is 29.2 Å². The normalized spacial score (nSPS) is 22.8. The van der Waals surface area contributed by atoms with E-state index in [2.05, 4.69) is 0 Å². The first kappa shape index (κ1) is 21.1. The Bertz CT molecular complexity index is 1010. The Kier molecular flexibility index (Phi) is 6.04. The predicted molar refractivity (Wildman–Crippen MR) is 112 cm³/mol. The highest BCUT2D eigenvalue weighted by Gasteiger charge is 2.47. The van der Waals surface area contributed by atoms with Crippen molar-refractivity contribution in [2.24, 2.45) is 0 Å². The van der Waals surface area contributed by atoms with Crippen LogP contribution in [0.15, 0.2) is 54.1 Å². The molecule has 2 aliphatic heterocycles. The van der Waals surface area contributed by atoms with E-state index >= 15 is 0 Å². The quantitative estimate of drug-likeness (QED) is 0.433. The highest BCUT2D eigenvalue weighted by atomic mass is 19.1. The molecule has 2 fully saturated rings. The number of nitrogens with zero attached hydrogens (tertiary/aromatic N) is 1. The van der Waals surface area contributed by atoms with Gasteiger partial charge in [-0.2, -0.15) is 0 Å². The molecule has 4 rings (SSSR count). The first-order valence-corrected chi connectivity index (χ1v) is 10.4. The lowest BCUT2D eigenvalue weighted by Crippen LogP contribution is -2.36. The van der Waals surface area contributed by atoms with Crippen molar-refractivity contribution in [2.75, 3.05) is 19.8 Å². The van der Waals surface area contributed by atoms with Crippen molar-refractivity contribution in [3.8, 4) is 5.75 Å². The lowest BCUT2D eigenvalue weighted by molar-refractivity contribution is -0.140. The van der Waals surface area contributed by atoms with E-state index in [1.54, 1.807) is 24.3 Å². The fourth-order valence-corrected chi connectivity index (χ4v) is 4.13. The standard InChI is InChI=1S/C24H24FNO5/c1-2-30-18-6-3-5-16(13-18)21-20(22(27)15-8-10-17(25)11-9-15)23(28)24(29)26(21)14-19-7-4-12-31-19/h3,5-6,8-11,13,19,21,27H,2,4,7,12,14H2,1H3/b22-20-. The Balaban J connectivity index is 1.82. The molecule has 7 heteroatoms. The summed E-state index contributed by atoms with van der Waals surface area (Å²) in [6.45, 7) is 3.20. The largest absolute Gasteiger partial charge is 0.507 e. The van der Waals surface area contributed by atoms with Crippen LogP contribution in [0.2, 0.25) is 0 Å². The number of hydrogen-bond donors (Lipinski definition) is 1. The molecule has 2 aromatic rings. The second-order valence-electron chi connectivity index (χ2n) is 7.60. The number of hydrogen-bond acceptors (Lipinski definition) is 5. The van der Waals surface area contributed by atoms with Crippen molar-refractivity contribution in [3.05, 3.63) is 71.0 Å². The summed E-state index contributed by atoms with van der Waals surface area (Å²) >= 11 is 0. The number of halogens is 1.